The molecule has 3 N–H and O–H groups in total. The fraction of sp³-hybridized carbons (Fsp3) is 0.0556. The number of aromatic nitrogens is 2. The smallest absolute Gasteiger partial charge is 0.355 e. The van der Waals surface area contributed by atoms with Crippen LogP contribution >= 0.6 is 0 Å². The second kappa shape index (κ2) is 8.45. The Bertz CT molecular complexity index is 996. The van der Waals surface area contributed by atoms with Crippen LogP contribution in [0, 0.1) is 10.1 Å². The van der Waals surface area contributed by atoms with E-state index in [2.05, 4.69) is 26.1 Å². The second-order valence-corrected chi connectivity index (χ2v) is 5.45. The molecule has 1 heterocycles. The molecule has 0 aliphatic carbocycles. The lowest BCUT2D eigenvalue weighted by atomic mass is 10.2. The fourth-order valence-electron chi connectivity index (χ4n) is 2.40. The molecular formula is C18H16N6O4. The molecule has 0 bridgehead atoms. The molecule has 3 rings (SSSR count). The maximum Gasteiger partial charge on any atom is 0.355 e. The third kappa shape index (κ3) is 4.12. The summed E-state index contributed by atoms with van der Waals surface area (Å²) in [6.45, 7) is 0. The van der Waals surface area contributed by atoms with Crippen LogP contribution in [0.5, 0.6) is 0 Å². The first kappa shape index (κ1) is 18.6. The predicted molar refractivity (Wildman–Crippen MR) is 103 cm³/mol. The van der Waals surface area contributed by atoms with E-state index in [9.17, 15) is 14.9 Å². The minimum atomic E-state index is -0.613. The summed E-state index contributed by atoms with van der Waals surface area (Å²) in [4.78, 5) is 30.8. The van der Waals surface area contributed by atoms with E-state index in [1.165, 1.54) is 19.5 Å². The summed E-state index contributed by atoms with van der Waals surface area (Å²) >= 11 is 0. The van der Waals surface area contributed by atoms with Crippen LogP contribution in [0.4, 0.5) is 28.7 Å². The molecule has 0 saturated carbocycles. The number of carbonyl (C=O) groups is 1. The maximum atomic E-state index is 11.9. The van der Waals surface area contributed by atoms with Crippen molar-refractivity contribution in [3.05, 3.63) is 76.6 Å². The van der Waals surface area contributed by atoms with Crippen molar-refractivity contribution in [2.75, 3.05) is 23.3 Å². The number of nitrogens with one attached hydrogen (secondary N) is 3. The third-order valence-electron chi connectivity index (χ3n) is 3.69. The van der Waals surface area contributed by atoms with E-state index in [1.54, 1.807) is 30.3 Å². The molecule has 0 unspecified atom stereocenters. The van der Waals surface area contributed by atoms with Gasteiger partial charge in [0.15, 0.2) is 0 Å². The molecule has 0 spiro atoms. The van der Waals surface area contributed by atoms with Crippen molar-refractivity contribution >= 4 is 34.7 Å². The Balaban J connectivity index is 1.92. The number of hydrogen-bond donors (Lipinski definition) is 3. The van der Waals surface area contributed by atoms with Crippen LogP contribution in [0.25, 0.3) is 0 Å². The number of para-hydroxylation sites is 2. The van der Waals surface area contributed by atoms with E-state index < -0.39 is 10.9 Å². The van der Waals surface area contributed by atoms with E-state index in [1.807, 2.05) is 18.2 Å². The van der Waals surface area contributed by atoms with Crippen molar-refractivity contribution in [3.8, 4) is 0 Å². The Kier molecular flexibility index (Phi) is 5.60. The SMILES string of the molecule is COC(=O)c1ccccc1Nc1ncnc(NNc2ccccc2)c1[N+](=O)[O-]. The van der Waals surface area contributed by atoms with Crippen molar-refractivity contribution < 1.29 is 14.5 Å². The highest BCUT2D eigenvalue weighted by atomic mass is 16.6. The van der Waals surface area contributed by atoms with Gasteiger partial charge in [-0.1, -0.05) is 30.3 Å². The van der Waals surface area contributed by atoms with Gasteiger partial charge in [-0.2, -0.15) is 0 Å². The van der Waals surface area contributed by atoms with Gasteiger partial charge in [-0.15, -0.1) is 0 Å². The average molecular weight is 380 g/mol. The van der Waals surface area contributed by atoms with Gasteiger partial charge in [0.25, 0.3) is 0 Å². The summed E-state index contributed by atoms with van der Waals surface area (Å²) in [5.41, 5.74) is 6.40. The molecule has 3 aromatic rings. The van der Waals surface area contributed by atoms with E-state index in [4.69, 9.17) is 4.74 Å². The van der Waals surface area contributed by atoms with Crippen LogP contribution in [-0.4, -0.2) is 28.0 Å². The highest BCUT2D eigenvalue weighted by molar-refractivity contribution is 5.96. The number of hydrogen-bond acceptors (Lipinski definition) is 9. The van der Waals surface area contributed by atoms with Gasteiger partial charge in [0.05, 0.1) is 29.0 Å². The quantitative estimate of drug-likeness (QED) is 0.321. The minimum absolute atomic E-state index is 0.0399. The highest BCUT2D eigenvalue weighted by Gasteiger charge is 2.24. The van der Waals surface area contributed by atoms with Gasteiger partial charge in [0, 0.05) is 0 Å². The molecule has 142 valence electrons. The number of rotatable bonds is 7. The summed E-state index contributed by atoms with van der Waals surface area (Å²) in [5.74, 6) is -0.695. The summed E-state index contributed by atoms with van der Waals surface area (Å²) in [5, 5.41) is 14.5. The van der Waals surface area contributed by atoms with E-state index in [0.717, 1.165) is 0 Å². The number of carbonyl (C=O) groups excluding carboxylic acids is 1. The van der Waals surface area contributed by atoms with Crippen LogP contribution in [0.2, 0.25) is 0 Å². The van der Waals surface area contributed by atoms with Gasteiger partial charge in [0.1, 0.15) is 6.33 Å². The summed E-state index contributed by atoms with van der Waals surface area (Å²) < 4.78 is 4.74. The first-order valence-corrected chi connectivity index (χ1v) is 8.11. The minimum Gasteiger partial charge on any atom is -0.465 e. The molecule has 0 aliphatic heterocycles. The molecule has 0 radical (unpaired) electrons. The number of nitro groups is 1. The molecule has 1 aromatic heterocycles. The lowest BCUT2D eigenvalue weighted by molar-refractivity contribution is -0.383. The number of nitrogens with zero attached hydrogens (tertiary/aromatic N) is 3. The van der Waals surface area contributed by atoms with Crippen molar-refractivity contribution in [1.29, 1.82) is 0 Å². The lowest BCUT2D eigenvalue weighted by Crippen LogP contribution is -2.14. The van der Waals surface area contributed by atoms with Gasteiger partial charge < -0.3 is 10.1 Å². The normalized spacial score (nSPS) is 10.0. The van der Waals surface area contributed by atoms with Crippen LogP contribution in [0.15, 0.2) is 60.9 Å². The van der Waals surface area contributed by atoms with E-state index in [-0.39, 0.29) is 22.9 Å². The lowest BCUT2D eigenvalue weighted by Gasteiger charge is -2.13. The van der Waals surface area contributed by atoms with Crippen molar-refractivity contribution in [2.45, 2.75) is 0 Å². The maximum absolute atomic E-state index is 11.9. The third-order valence-corrected chi connectivity index (χ3v) is 3.69. The van der Waals surface area contributed by atoms with E-state index >= 15 is 0 Å². The van der Waals surface area contributed by atoms with Crippen molar-refractivity contribution in [3.63, 3.8) is 0 Å². The van der Waals surface area contributed by atoms with Crippen LogP contribution < -0.4 is 16.2 Å². The average Bonchev–Trinajstić information content (AvgIpc) is 2.72. The number of benzene rings is 2. The van der Waals surface area contributed by atoms with Gasteiger partial charge in [0.2, 0.25) is 11.6 Å². The van der Waals surface area contributed by atoms with Crippen LogP contribution in [0.1, 0.15) is 10.4 Å². The van der Waals surface area contributed by atoms with Crippen molar-refractivity contribution in [1.82, 2.24) is 9.97 Å². The standard InChI is InChI=1S/C18H16N6O4/c1-28-18(25)13-9-5-6-10-14(13)21-16-15(24(26)27)17(20-11-19-16)23-22-12-7-3-2-4-8-12/h2-11,22H,1H3,(H2,19,20,21,23). The van der Waals surface area contributed by atoms with Gasteiger partial charge in [-0.05, 0) is 24.3 Å². The summed E-state index contributed by atoms with van der Waals surface area (Å²) in [6.07, 6.45) is 1.17. The molecule has 28 heavy (non-hydrogen) atoms. The predicted octanol–water partition coefficient (Wildman–Crippen LogP) is 3.35. The zero-order chi connectivity index (χ0) is 19.9. The van der Waals surface area contributed by atoms with Gasteiger partial charge >= 0.3 is 11.7 Å². The number of methoxy groups -OCH3 is 1. The zero-order valence-electron chi connectivity index (χ0n) is 14.7. The number of ether oxygens (including phenoxy) is 1. The van der Waals surface area contributed by atoms with Crippen LogP contribution in [0.3, 0.4) is 0 Å². The van der Waals surface area contributed by atoms with Gasteiger partial charge in [-0.25, -0.2) is 14.8 Å². The van der Waals surface area contributed by atoms with E-state index in [0.29, 0.717) is 11.4 Å². The molecule has 2 aromatic carbocycles. The Labute approximate surface area is 159 Å². The number of anilines is 4. The molecule has 0 fully saturated rings. The first-order chi connectivity index (χ1) is 13.6. The summed E-state index contributed by atoms with van der Waals surface area (Å²) in [6, 6.07) is 15.5. The Morgan fingerprint density at radius 2 is 1.68 bits per heavy atom. The molecular weight excluding hydrogens is 364 g/mol. The molecule has 0 aliphatic rings. The number of esters is 1. The monoisotopic (exact) mass is 380 g/mol. The highest BCUT2D eigenvalue weighted by Crippen LogP contribution is 2.32. The van der Waals surface area contributed by atoms with Gasteiger partial charge in [-0.3, -0.25) is 21.0 Å². The molecule has 0 saturated heterocycles. The molecule has 10 nitrogen and oxygen atoms in total. The Hall–Kier alpha value is -4.21. The number of hydrazine groups is 1. The molecule has 0 amide bonds. The van der Waals surface area contributed by atoms with Crippen LogP contribution in [-0.2, 0) is 4.74 Å². The topological polar surface area (TPSA) is 131 Å². The largest absolute Gasteiger partial charge is 0.465 e. The Morgan fingerprint density at radius 3 is 2.39 bits per heavy atom. The zero-order valence-corrected chi connectivity index (χ0v) is 14.7. The fourth-order valence-corrected chi connectivity index (χ4v) is 2.40. The second-order valence-electron chi connectivity index (χ2n) is 5.45. The molecule has 0 atom stereocenters. The van der Waals surface area contributed by atoms with Crippen molar-refractivity contribution in [2.24, 2.45) is 0 Å². The first-order valence-electron chi connectivity index (χ1n) is 8.11. The summed E-state index contributed by atoms with van der Waals surface area (Å²) in [7, 11) is 1.25. The Morgan fingerprint density at radius 1 is 1.00 bits per heavy atom. The molecule has 10 heteroatoms.